The van der Waals surface area contributed by atoms with Crippen molar-refractivity contribution >= 4 is 11.9 Å². The van der Waals surface area contributed by atoms with Crippen molar-refractivity contribution in [1.29, 1.82) is 0 Å². The van der Waals surface area contributed by atoms with Crippen LogP contribution in [0.5, 0.6) is 0 Å². The van der Waals surface area contributed by atoms with Crippen LogP contribution in [0.25, 0.3) is 0 Å². The second-order valence-electron chi connectivity index (χ2n) is 3.02. The van der Waals surface area contributed by atoms with Crippen molar-refractivity contribution in [3.8, 4) is 0 Å². The minimum atomic E-state index is -0.981. The van der Waals surface area contributed by atoms with Crippen LogP contribution >= 0.6 is 0 Å². The zero-order chi connectivity index (χ0) is 13.1. The molecule has 4 heteroatoms. The van der Waals surface area contributed by atoms with Crippen molar-refractivity contribution in [3.63, 3.8) is 0 Å². The number of ether oxygens (including phenoxy) is 1. The molecule has 0 aromatic heterocycles. The first kappa shape index (κ1) is 16.8. The average molecular weight is 228 g/mol. The molecule has 1 N–H and O–H groups in total. The Morgan fingerprint density at radius 2 is 1.75 bits per heavy atom. The second kappa shape index (κ2) is 9.96. The highest BCUT2D eigenvalue weighted by Crippen LogP contribution is 2.08. The van der Waals surface area contributed by atoms with Crippen molar-refractivity contribution in [1.82, 2.24) is 0 Å². The molecule has 4 nitrogen and oxygen atoms in total. The molecule has 0 aromatic rings. The van der Waals surface area contributed by atoms with Gasteiger partial charge in [0.05, 0.1) is 6.61 Å². The Morgan fingerprint density at radius 3 is 2.00 bits per heavy atom. The number of carboxylic acids is 1. The van der Waals surface area contributed by atoms with Gasteiger partial charge in [-0.1, -0.05) is 19.1 Å². The molecule has 0 radical (unpaired) electrons. The van der Waals surface area contributed by atoms with Crippen LogP contribution in [0.1, 0.15) is 34.1 Å². The largest absolute Gasteiger partial charge is 0.478 e. The summed E-state index contributed by atoms with van der Waals surface area (Å²) in [5, 5.41) is 7.60. The highest BCUT2D eigenvalue weighted by atomic mass is 16.5. The normalized spacial score (nSPS) is 10.5. The summed E-state index contributed by atoms with van der Waals surface area (Å²) in [4.78, 5) is 20.3. The molecule has 0 saturated carbocycles. The van der Waals surface area contributed by atoms with E-state index in [0.717, 1.165) is 23.6 Å². The van der Waals surface area contributed by atoms with E-state index in [1.165, 1.54) is 0 Å². The lowest BCUT2D eigenvalue weighted by atomic mass is 10.1. The molecule has 16 heavy (non-hydrogen) atoms. The first-order chi connectivity index (χ1) is 7.40. The Bertz CT molecular complexity index is 277. The fourth-order valence-corrected chi connectivity index (χ4v) is 0.679. The lowest BCUT2D eigenvalue weighted by molar-refractivity contribution is -0.138. The first-order valence-electron chi connectivity index (χ1n) is 5.09. The molecule has 0 rings (SSSR count). The Balaban J connectivity index is 0. The molecular weight excluding hydrogens is 208 g/mol. The van der Waals surface area contributed by atoms with Crippen molar-refractivity contribution in [2.45, 2.75) is 34.1 Å². The first-order valence-corrected chi connectivity index (χ1v) is 5.09. The molecule has 0 bridgehead atoms. The predicted octanol–water partition coefficient (Wildman–Crippen LogP) is 2.55. The lowest BCUT2D eigenvalue weighted by Crippen LogP contribution is -2.06. The smallest absolute Gasteiger partial charge is 0.333 e. The summed E-state index contributed by atoms with van der Waals surface area (Å²) in [6.07, 6.45) is 1.74. The van der Waals surface area contributed by atoms with Gasteiger partial charge in [0.1, 0.15) is 0 Å². The molecule has 0 amide bonds. The molecule has 0 fully saturated rings. The summed E-state index contributed by atoms with van der Waals surface area (Å²) in [5.74, 6) is -1.17. The second-order valence-corrected chi connectivity index (χ2v) is 3.02. The van der Waals surface area contributed by atoms with Crippen LogP contribution in [-0.2, 0) is 14.3 Å². The van der Waals surface area contributed by atoms with Gasteiger partial charge in [-0.2, -0.15) is 0 Å². The Hall–Kier alpha value is -1.58. The minimum Gasteiger partial charge on any atom is -0.478 e. The fourth-order valence-electron chi connectivity index (χ4n) is 0.679. The highest BCUT2D eigenvalue weighted by molar-refractivity contribution is 5.88. The third-order valence-electron chi connectivity index (χ3n) is 1.93. The number of hydrogen-bond donors (Lipinski definition) is 1. The van der Waals surface area contributed by atoms with Gasteiger partial charge in [-0.15, -0.1) is 0 Å². The number of esters is 1. The molecule has 0 atom stereocenters. The van der Waals surface area contributed by atoms with Gasteiger partial charge in [0.25, 0.3) is 0 Å². The summed E-state index contributed by atoms with van der Waals surface area (Å²) in [5.41, 5.74) is 1.85. The van der Waals surface area contributed by atoms with Crippen LogP contribution in [0.15, 0.2) is 23.8 Å². The van der Waals surface area contributed by atoms with E-state index in [4.69, 9.17) is 9.84 Å². The maximum Gasteiger partial charge on any atom is 0.333 e. The summed E-state index contributed by atoms with van der Waals surface area (Å²) in [6.45, 7) is 11.0. The predicted molar refractivity (Wildman–Crippen MR) is 63.1 cm³/mol. The molecule has 92 valence electrons. The Morgan fingerprint density at radius 1 is 1.31 bits per heavy atom. The van der Waals surface area contributed by atoms with Gasteiger partial charge in [-0.3, -0.25) is 0 Å². The highest BCUT2D eigenvalue weighted by Gasteiger charge is 2.06. The van der Waals surface area contributed by atoms with E-state index in [1.54, 1.807) is 6.92 Å². The van der Waals surface area contributed by atoms with E-state index < -0.39 is 5.97 Å². The van der Waals surface area contributed by atoms with Crippen molar-refractivity contribution in [2.75, 3.05) is 6.61 Å². The molecule has 0 aromatic carbocycles. The number of carbonyl (C=O) groups excluding carboxylic acids is 1. The molecule has 0 aliphatic heterocycles. The van der Waals surface area contributed by atoms with Crippen molar-refractivity contribution < 1.29 is 19.4 Å². The Kier molecular flexibility index (Phi) is 10.5. The van der Waals surface area contributed by atoms with Crippen molar-refractivity contribution in [3.05, 3.63) is 23.8 Å². The summed E-state index contributed by atoms with van der Waals surface area (Å²) in [7, 11) is 0. The van der Waals surface area contributed by atoms with Gasteiger partial charge in [0.2, 0.25) is 0 Å². The van der Waals surface area contributed by atoms with Crippen LogP contribution in [0.4, 0.5) is 0 Å². The molecule has 0 unspecified atom stereocenters. The SMILES string of the molecule is C=CC(=O)O.CCOC(=O)C(C)=C(C)CC. The van der Waals surface area contributed by atoms with Gasteiger partial charge in [0.15, 0.2) is 0 Å². The third kappa shape index (κ3) is 8.99. The van der Waals surface area contributed by atoms with E-state index in [-0.39, 0.29) is 5.97 Å². The van der Waals surface area contributed by atoms with E-state index in [0.29, 0.717) is 6.61 Å². The standard InChI is InChI=1S/C9H16O2.C3H4O2/c1-5-7(3)8(4)9(10)11-6-2;1-2-3(4)5/h5-6H2,1-4H3;2H,1H2,(H,4,5). The van der Waals surface area contributed by atoms with E-state index >= 15 is 0 Å². The zero-order valence-corrected chi connectivity index (χ0v) is 10.4. The Labute approximate surface area is 96.6 Å². The van der Waals surface area contributed by atoms with Gasteiger partial charge in [-0.05, 0) is 27.2 Å². The zero-order valence-electron chi connectivity index (χ0n) is 10.4. The summed E-state index contributed by atoms with van der Waals surface area (Å²) in [6, 6.07) is 0. The van der Waals surface area contributed by atoms with Crippen LogP contribution in [0, 0.1) is 0 Å². The number of hydrogen-bond acceptors (Lipinski definition) is 3. The minimum absolute atomic E-state index is 0.188. The average Bonchev–Trinajstić information content (AvgIpc) is 2.28. The maximum absolute atomic E-state index is 11.1. The van der Waals surface area contributed by atoms with Crippen LogP contribution < -0.4 is 0 Å². The van der Waals surface area contributed by atoms with Gasteiger partial charge < -0.3 is 9.84 Å². The van der Waals surface area contributed by atoms with E-state index in [1.807, 2.05) is 20.8 Å². The lowest BCUT2D eigenvalue weighted by Gasteiger charge is -2.04. The molecule has 0 saturated heterocycles. The number of carbonyl (C=O) groups is 2. The molecule has 0 heterocycles. The van der Waals surface area contributed by atoms with Gasteiger partial charge in [-0.25, -0.2) is 9.59 Å². The van der Waals surface area contributed by atoms with E-state index in [2.05, 4.69) is 6.58 Å². The van der Waals surface area contributed by atoms with Gasteiger partial charge in [0, 0.05) is 11.6 Å². The summed E-state index contributed by atoms with van der Waals surface area (Å²) < 4.78 is 4.83. The molecular formula is C12H20O4. The van der Waals surface area contributed by atoms with Crippen LogP contribution in [0.2, 0.25) is 0 Å². The monoisotopic (exact) mass is 228 g/mol. The quantitative estimate of drug-likeness (QED) is 0.593. The van der Waals surface area contributed by atoms with Crippen LogP contribution in [0.3, 0.4) is 0 Å². The number of rotatable bonds is 4. The van der Waals surface area contributed by atoms with Gasteiger partial charge >= 0.3 is 11.9 Å². The van der Waals surface area contributed by atoms with Crippen molar-refractivity contribution in [2.24, 2.45) is 0 Å². The number of allylic oxidation sites excluding steroid dienone is 1. The maximum atomic E-state index is 11.1. The fraction of sp³-hybridized carbons (Fsp3) is 0.500. The van der Waals surface area contributed by atoms with E-state index in [9.17, 15) is 9.59 Å². The number of aliphatic carboxylic acids is 1. The summed E-state index contributed by atoms with van der Waals surface area (Å²) >= 11 is 0. The number of carboxylic acid groups (broad SMARTS) is 1. The third-order valence-corrected chi connectivity index (χ3v) is 1.93. The van der Waals surface area contributed by atoms with Crippen LogP contribution in [-0.4, -0.2) is 23.7 Å². The molecule has 0 aliphatic rings. The topological polar surface area (TPSA) is 63.6 Å². The molecule has 0 spiro atoms. The molecule has 0 aliphatic carbocycles.